The highest BCUT2D eigenvalue weighted by molar-refractivity contribution is 5.64. The maximum Gasteiger partial charge on any atom is 0.419 e. The number of aryl methyl sites for hydroxylation is 5. The molecule has 1 nitrogen and oxygen atoms in total. The first-order valence-electron chi connectivity index (χ1n) is 14.0. The normalized spacial score (nSPS) is 11.6. The molecule has 0 radical (unpaired) electrons. The predicted octanol–water partition coefficient (Wildman–Crippen LogP) is 9.74. The van der Waals surface area contributed by atoms with Gasteiger partial charge in [-0.05, 0) is 96.5 Å². The zero-order valence-corrected chi connectivity index (χ0v) is 23.4. The molecular weight excluding hydrogens is 512 g/mol. The molecule has 0 unspecified atom stereocenters. The Kier molecular flexibility index (Phi) is 9.67. The van der Waals surface area contributed by atoms with Crippen molar-refractivity contribution in [3.05, 3.63) is 124 Å². The van der Waals surface area contributed by atoms with Crippen LogP contribution in [-0.4, -0.2) is 6.61 Å². The van der Waals surface area contributed by atoms with E-state index in [1.807, 2.05) is 24.3 Å². The summed E-state index contributed by atoms with van der Waals surface area (Å²) in [5, 5.41) is 0. The van der Waals surface area contributed by atoms with Gasteiger partial charge in [-0.1, -0.05) is 86.1 Å². The highest BCUT2D eigenvalue weighted by Crippen LogP contribution is 2.40. The molecular formula is C35H36F4O. The summed E-state index contributed by atoms with van der Waals surface area (Å²) in [6.45, 7) is 5.47. The molecule has 0 aliphatic carbocycles. The van der Waals surface area contributed by atoms with Gasteiger partial charge in [-0.15, -0.1) is 0 Å². The number of rotatable bonds is 11. The molecule has 0 fully saturated rings. The lowest BCUT2D eigenvalue weighted by molar-refractivity contribution is -0.140. The molecule has 5 heteroatoms. The van der Waals surface area contributed by atoms with E-state index in [0.717, 1.165) is 31.2 Å². The Morgan fingerprint density at radius 1 is 0.625 bits per heavy atom. The molecule has 0 saturated heterocycles. The van der Waals surface area contributed by atoms with Gasteiger partial charge in [-0.3, -0.25) is 0 Å². The topological polar surface area (TPSA) is 9.23 Å². The van der Waals surface area contributed by atoms with E-state index in [1.54, 1.807) is 13.8 Å². The van der Waals surface area contributed by atoms with Crippen LogP contribution in [0, 0.1) is 12.7 Å². The number of ether oxygens (including phenoxy) is 1. The van der Waals surface area contributed by atoms with E-state index in [2.05, 4.69) is 55.5 Å². The van der Waals surface area contributed by atoms with Gasteiger partial charge in [0.15, 0.2) is 11.6 Å². The van der Waals surface area contributed by atoms with Crippen LogP contribution in [0.5, 0.6) is 5.75 Å². The summed E-state index contributed by atoms with van der Waals surface area (Å²) in [5.41, 5.74) is 6.26. The molecule has 0 amide bonds. The molecule has 0 saturated carbocycles. The SMILES string of the molecule is CCCc1ccc(-c2ccc(CCc3ccc(CCc4c(C)cc(OCC)c(F)c4C(F)(F)F)cc3)cc2)cc1. The average molecular weight is 549 g/mol. The van der Waals surface area contributed by atoms with Gasteiger partial charge in [-0.2, -0.15) is 13.2 Å². The van der Waals surface area contributed by atoms with E-state index < -0.39 is 17.6 Å². The first-order chi connectivity index (χ1) is 19.2. The summed E-state index contributed by atoms with van der Waals surface area (Å²) in [4.78, 5) is 0. The standard InChI is InChI=1S/C35H36F4O/c1-4-6-25-13-18-29(19-14-25)30-20-15-28(16-21-30)12-9-26-7-10-27(11-8-26)17-22-31-24(3)23-32(40-5-2)34(36)33(31)35(37,38)39/h7-8,10-11,13-16,18-21,23H,4-6,9,12,17,22H2,1-3H3. The third-order valence-corrected chi connectivity index (χ3v) is 7.31. The molecule has 0 N–H and O–H groups in total. The Bertz CT molecular complexity index is 1390. The highest BCUT2D eigenvalue weighted by atomic mass is 19.4. The molecule has 4 rings (SSSR count). The highest BCUT2D eigenvalue weighted by Gasteiger charge is 2.39. The minimum absolute atomic E-state index is 0.0159. The zero-order valence-electron chi connectivity index (χ0n) is 23.4. The average Bonchev–Trinajstić information content (AvgIpc) is 2.94. The fraction of sp³-hybridized carbons (Fsp3) is 0.314. The van der Waals surface area contributed by atoms with Crippen molar-refractivity contribution in [2.24, 2.45) is 0 Å². The summed E-state index contributed by atoms with van der Waals surface area (Å²) in [6, 6.07) is 26.7. The number of alkyl halides is 3. The molecule has 0 heterocycles. The van der Waals surface area contributed by atoms with Crippen LogP contribution in [0.2, 0.25) is 0 Å². The first kappa shape index (κ1) is 29.4. The van der Waals surface area contributed by atoms with Crippen molar-refractivity contribution in [1.29, 1.82) is 0 Å². The van der Waals surface area contributed by atoms with Crippen LogP contribution in [0.3, 0.4) is 0 Å². The molecule has 210 valence electrons. The number of halogens is 4. The molecule has 0 atom stereocenters. The molecule has 40 heavy (non-hydrogen) atoms. The van der Waals surface area contributed by atoms with Crippen LogP contribution >= 0.6 is 0 Å². The van der Waals surface area contributed by atoms with Crippen molar-refractivity contribution < 1.29 is 22.3 Å². The van der Waals surface area contributed by atoms with Crippen LogP contribution in [0.25, 0.3) is 11.1 Å². The third kappa shape index (κ3) is 7.32. The van der Waals surface area contributed by atoms with Gasteiger partial charge in [0.25, 0.3) is 0 Å². The lowest BCUT2D eigenvalue weighted by atomic mass is 9.93. The molecule has 0 aliphatic heterocycles. The van der Waals surface area contributed by atoms with Crippen LogP contribution in [0.4, 0.5) is 17.6 Å². The second kappa shape index (κ2) is 13.2. The quantitative estimate of drug-likeness (QED) is 0.170. The van der Waals surface area contributed by atoms with Gasteiger partial charge in [0, 0.05) is 0 Å². The van der Waals surface area contributed by atoms with E-state index in [0.29, 0.717) is 12.0 Å². The van der Waals surface area contributed by atoms with Crippen LogP contribution < -0.4 is 4.74 Å². The lowest BCUT2D eigenvalue weighted by Crippen LogP contribution is -2.16. The van der Waals surface area contributed by atoms with Crippen molar-refractivity contribution in [3.8, 4) is 16.9 Å². The largest absolute Gasteiger partial charge is 0.491 e. The molecule has 0 bridgehead atoms. The first-order valence-corrected chi connectivity index (χ1v) is 14.0. The minimum Gasteiger partial charge on any atom is -0.491 e. The van der Waals surface area contributed by atoms with Gasteiger partial charge in [0.1, 0.15) is 0 Å². The van der Waals surface area contributed by atoms with E-state index in [-0.39, 0.29) is 24.3 Å². The van der Waals surface area contributed by atoms with Crippen LogP contribution in [0.1, 0.15) is 59.2 Å². The Labute approximate surface area is 234 Å². The summed E-state index contributed by atoms with van der Waals surface area (Å²) in [6.07, 6.45) is -0.304. The van der Waals surface area contributed by atoms with Crippen molar-refractivity contribution in [3.63, 3.8) is 0 Å². The van der Waals surface area contributed by atoms with Gasteiger partial charge < -0.3 is 4.74 Å². The Morgan fingerprint density at radius 2 is 1.05 bits per heavy atom. The van der Waals surface area contributed by atoms with Gasteiger partial charge >= 0.3 is 6.18 Å². The van der Waals surface area contributed by atoms with E-state index in [9.17, 15) is 17.6 Å². The fourth-order valence-corrected chi connectivity index (χ4v) is 5.13. The zero-order chi connectivity index (χ0) is 28.7. The predicted molar refractivity (Wildman–Crippen MR) is 154 cm³/mol. The smallest absolute Gasteiger partial charge is 0.419 e. The lowest BCUT2D eigenvalue weighted by Gasteiger charge is -2.19. The monoisotopic (exact) mass is 548 g/mol. The number of hydrogen-bond acceptors (Lipinski definition) is 1. The summed E-state index contributed by atoms with van der Waals surface area (Å²) >= 11 is 0. The van der Waals surface area contributed by atoms with Gasteiger partial charge in [-0.25, -0.2) is 4.39 Å². The molecule has 4 aromatic rings. The number of benzene rings is 4. The minimum atomic E-state index is -4.79. The van der Waals surface area contributed by atoms with E-state index in [4.69, 9.17) is 4.74 Å². The molecule has 0 spiro atoms. The summed E-state index contributed by atoms with van der Waals surface area (Å²) < 4.78 is 61.1. The molecule has 4 aromatic carbocycles. The van der Waals surface area contributed by atoms with Gasteiger partial charge in [0.05, 0.1) is 12.2 Å². The Morgan fingerprint density at radius 3 is 1.48 bits per heavy atom. The maximum atomic E-state index is 14.7. The summed E-state index contributed by atoms with van der Waals surface area (Å²) in [7, 11) is 0. The second-order valence-corrected chi connectivity index (χ2v) is 10.3. The van der Waals surface area contributed by atoms with Crippen molar-refractivity contribution in [2.75, 3.05) is 6.61 Å². The molecule has 0 aromatic heterocycles. The second-order valence-electron chi connectivity index (χ2n) is 10.3. The van der Waals surface area contributed by atoms with Crippen molar-refractivity contribution in [1.82, 2.24) is 0 Å². The Balaban J connectivity index is 1.36. The van der Waals surface area contributed by atoms with E-state index in [1.165, 1.54) is 33.9 Å². The Hall–Kier alpha value is -3.60. The summed E-state index contributed by atoms with van der Waals surface area (Å²) in [5.74, 6) is -1.68. The van der Waals surface area contributed by atoms with Crippen molar-refractivity contribution >= 4 is 0 Å². The van der Waals surface area contributed by atoms with Crippen LogP contribution in [0.15, 0.2) is 78.9 Å². The fourth-order valence-electron chi connectivity index (χ4n) is 5.13. The number of hydrogen-bond donors (Lipinski definition) is 0. The van der Waals surface area contributed by atoms with Crippen LogP contribution in [-0.2, 0) is 38.3 Å². The van der Waals surface area contributed by atoms with Gasteiger partial charge in [0.2, 0.25) is 0 Å². The maximum absolute atomic E-state index is 14.7. The molecule has 0 aliphatic rings. The third-order valence-electron chi connectivity index (χ3n) is 7.31. The van der Waals surface area contributed by atoms with Crippen molar-refractivity contribution in [2.45, 2.75) is 65.5 Å². The van der Waals surface area contributed by atoms with E-state index >= 15 is 0 Å².